The van der Waals surface area contributed by atoms with Crippen molar-refractivity contribution in [1.82, 2.24) is 0 Å². The van der Waals surface area contributed by atoms with Crippen LogP contribution in [0, 0.1) is 17.3 Å². The van der Waals surface area contributed by atoms with Gasteiger partial charge in [-0.05, 0) is 62.1 Å². The third-order valence-corrected chi connectivity index (χ3v) is 7.57. The van der Waals surface area contributed by atoms with Crippen LogP contribution in [0.2, 0.25) is 0 Å². The Bertz CT molecular complexity index is 802. The van der Waals surface area contributed by atoms with Crippen LogP contribution in [-0.4, -0.2) is 42.4 Å². The maximum atomic E-state index is 12.7. The number of aromatic hydroxyl groups is 1. The molecular formula is C24H34NO4+. The predicted octanol–water partition coefficient (Wildman–Crippen LogP) is 2.40. The number of ether oxygens (including phenoxy) is 1. The summed E-state index contributed by atoms with van der Waals surface area (Å²) in [6, 6.07) is 6.67. The maximum Gasteiger partial charge on any atom is 0.315 e. The molecule has 0 aromatic heterocycles. The molecule has 1 unspecified atom stereocenters. The van der Waals surface area contributed by atoms with E-state index >= 15 is 0 Å². The molecule has 0 radical (unpaired) electrons. The fourth-order valence-corrected chi connectivity index (χ4v) is 5.95. The summed E-state index contributed by atoms with van der Waals surface area (Å²) < 4.78 is 5.87. The Morgan fingerprint density at radius 1 is 1.31 bits per heavy atom. The summed E-state index contributed by atoms with van der Waals surface area (Å²) in [7, 11) is 2.03. The molecule has 6 atom stereocenters. The van der Waals surface area contributed by atoms with E-state index in [4.69, 9.17) is 4.74 Å². The highest BCUT2D eigenvalue weighted by Crippen LogP contribution is 2.54. The molecule has 3 N–H and O–H groups in total. The number of aliphatic hydroxyl groups is 1. The number of aliphatic hydroxyl groups excluding tert-OH is 1. The smallest absolute Gasteiger partial charge is 0.315 e. The summed E-state index contributed by atoms with van der Waals surface area (Å²) in [5.41, 5.74) is 4.09. The Balaban J connectivity index is 1.43. The molecule has 0 bridgehead atoms. The number of hydrogen-bond acceptors (Lipinski definition) is 4. The molecule has 0 spiro atoms. The van der Waals surface area contributed by atoms with Crippen LogP contribution in [0.15, 0.2) is 35.4 Å². The number of quaternary nitrogens is 1. The molecule has 1 saturated heterocycles. The van der Waals surface area contributed by atoms with Crippen molar-refractivity contribution >= 4 is 5.97 Å². The van der Waals surface area contributed by atoms with E-state index in [9.17, 15) is 15.0 Å². The number of phenols is 1. The zero-order chi connectivity index (χ0) is 20.8. The molecule has 1 heterocycles. The highest BCUT2D eigenvalue weighted by molar-refractivity contribution is 5.75. The quantitative estimate of drug-likeness (QED) is 0.524. The van der Waals surface area contributed by atoms with E-state index in [1.165, 1.54) is 24.8 Å². The number of allylic oxidation sites excluding steroid dienone is 2. The van der Waals surface area contributed by atoms with Gasteiger partial charge < -0.3 is 19.8 Å². The summed E-state index contributed by atoms with van der Waals surface area (Å²) >= 11 is 0. The number of rotatable bonds is 5. The Morgan fingerprint density at radius 3 is 2.76 bits per heavy atom. The lowest BCUT2D eigenvalue weighted by Gasteiger charge is -2.45. The van der Waals surface area contributed by atoms with E-state index in [-0.39, 0.29) is 35.1 Å². The summed E-state index contributed by atoms with van der Waals surface area (Å²) in [5, 5.41) is 20.0. The van der Waals surface area contributed by atoms with E-state index in [0.29, 0.717) is 13.1 Å². The first-order valence-electron chi connectivity index (χ1n) is 10.9. The lowest BCUT2D eigenvalue weighted by Crippen LogP contribution is -3.10. The summed E-state index contributed by atoms with van der Waals surface area (Å²) in [6.07, 6.45) is 4.99. The zero-order valence-corrected chi connectivity index (χ0v) is 17.8. The number of esters is 1. The van der Waals surface area contributed by atoms with Gasteiger partial charge in [0, 0.05) is 5.92 Å². The van der Waals surface area contributed by atoms with Gasteiger partial charge in [0.05, 0.1) is 13.6 Å². The Hall–Kier alpha value is -1.85. The molecule has 1 aromatic carbocycles. The number of benzene rings is 1. The minimum Gasteiger partial charge on any atom is -0.508 e. The van der Waals surface area contributed by atoms with E-state index in [0.717, 1.165) is 23.3 Å². The van der Waals surface area contributed by atoms with Gasteiger partial charge in [0.15, 0.2) is 0 Å². The van der Waals surface area contributed by atoms with Crippen molar-refractivity contribution < 1.29 is 24.6 Å². The molecule has 3 aliphatic rings. The van der Waals surface area contributed by atoms with Gasteiger partial charge in [-0.2, -0.15) is 0 Å². The molecule has 0 amide bonds. The van der Waals surface area contributed by atoms with E-state index in [2.05, 4.69) is 13.8 Å². The summed E-state index contributed by atoms with van der Waals surface area (Å²) in [5.74, 6) is 0.301. The monoisotopic (exact) mass is 400 g/mol. The summed E-state index contributed by atoms with van der Waals surface area (Å²) in [4.78, 5) is 13.8. The fourth-order valence-electron chi connectivity index (χ4n) is 5.95. The lowest BCUT2D eigenvalue weighted by molar-refractivity contribution is -0.886. The van der Waals surface area contributed by atoms with Crippen molar-refractivity contribution in [2.24, 2.45) is 17.3 Å². The minimum atomic E-state index is -0.623. The number of carbonyl (C=O) groups is 1. The lowest BCUT2D eigenvalue weighted by atomic mass is 9.59. The van der Waals surface area contributed by atoms with Gasteiger partial charge in [0.25, 0.3) is 0 Å². The Morgan fingerprint density at radius 2 is 2.03 bits per heavy atom. The molecule has 5 nitrogen and oxygen atoms in total. The topological polar surface area (TPSA) is 71.2 Å². The average Bonchev–Trinajstić information content (AvgIpc) is 2.94. The van der Waals surface area contributed by atoms with Crippen LogP contribution in [0.1, 0.15) is 57.6 Å². The van der Waals surface area contributed by atoms with Crippen LogP contribution in [0.5, 0.6) is 5.75 Å². The van der Waals surface area contributed by atoms with Gasteiger partial charge in [-0.15, -0.1) is 0 Å². The van der Waals surface area contributed by atoms with Crippen LogP contribution in [0.25, 0.3) is 0 Å². The van der Waals surface area contributed by atoms with Crippen LogP contribution in [0.4, 0.5) is 0 Å². The van der Waals surface area contributed by atoms with Gasteiger partial charge >= 0.3 is 5.97 Å². The van der Waals surface area contributed by atoms with Crippen molar-refractivity contribution in [2.75, 3.05) is 20.1 Å². The van der Waals surface area contributed by atoms with Crippen molar-refractivity contribution in [3.63, 3.8) is 0 Å². The van der Waals surface area contributed by atoms with Crippen LogP contribution >= 0.6 is 0 Å². The third kappa shape index (κ3) is 3.95. The third-order valence-electron chi connectivity index (χ3n) is 7.57. The highest BCUT2D eigenvalue weighted by Gasteiger charge is 2.53. The Labute approximate surface area is 173 Å². The number of nitrogens with one attached hydrogen (secondary N) is 1. The van der Waals surface area contributed by atoms with E-state index in [1.807, 2.05) is 7.05 Å². The molecule has 158 valence electrons. The fraction of sp³-hybridized carbons (Fsp3) is 0.625. The summed E-state index contributed by atoms with van der Waals surface area (Å²) in [6.45, 7) is 5.82. The molecule has 2 fully saturated rings. The number of likely N-dealkylation sites (N-methyl/N-ethyl adjacent to an activating group) is 1. The van der Waals surface area contributed by atoms with Crippen molar-refractivity contribution in [3.05, 3.63) is 41.0 Å². The largest absolute Gasteiger partial charge is 0.508 e. The second kappa shape index (κ2) is 7.77. The van der Waals surface area contributed by atoms with Gasteiger partial charge in [0.2, 0.25) is 0 Å². The molecule has 2 aliphatic carbocycles. The van der Waals surface area contributed by atoms with Gasteiger partial charge in [0.1, 0.15) is 30.4 Å². The van der Waals surface area contributed by atoms with Crippen molar-refractivity contribution in [1.29, 1.82) is 0 Å². The van der Waals surface area contributed by atoms with E-state index in [1.54, 1.807) is 29.8 Å². The first-order valence-corrected chi connectivity index (χ1v) is 10.9. The molecule has 1 aliphatic heterocycles. The van der Waals surface area contributed by atoms with E-state index < -0.39 is 6.10 Å². The van der Waals surface area contributed by atoms with Crippen molar-refractivity contribution in [2.45, 2.75) is 58.2 Å². The van der Waals surface area contributed by atoms with Crippen LogP contribution in [-0.2, 0) is 9.53 Å². The zero-order valence-electron chi connectivity index (χ0n) is 17.8. The molecular weight excluding hydrogens is 366 g/mol. The second-order valence-electron chi connectivity index (χ2n) is 9.80. The number of carbonyl (C=O) groups excluding carboxylic acids is 1. The molecule has 1 aromatic rings. The first-order chi connectivity index (χ1) is 13.8. The highest BCUT2D eigenvalue weighted by atomic mass is 16.6. The van der Waals surface area contributed by atoms with Gasteiger partial charge in [-0.3, -0.25) is 4.79 Å². The molecule has 4 rings (SSSR count). The Kier molecular flexibility index (Phi) is 5.47. The number of hydrogen-bond donors (Lipinski definition) is 3. The second-order valence-corrected chi connectivity index (χ2v) is 9.80. The average molecular weight is 401 g/mol. The van der Waals surface area contributed by atoms with Crippen LogP contribution < -0.4 is 4.90 Å². The normalized spacial score (nSPS) is 33.7. The first kappa shape index (κ1) is 20.4. The predicted molar refractivity (Wildman–Crippen MR) is 110 cm³/mol. The SMILES string of the molecule is CC1=C2C[C@H]3[C@@H](C[C@@]2(C)CCC1)OC(=O)[C@@H]3C[NH+](C)C[C@H](O)c1ccc(O)cc1. The minimum absolute atomic E-state index is 0.0435. The number of fused-ring (bicyclic) bond motifs is 2. The molecule has 1 saturated carbocycles. The number of phenolic OH excluding ortho intramolecular Hbond substituents is 1. The molecule has 29 heavy (non-hydrogen) atoms. The molecule has 5 heteroatoms. The van der Waals surface area contributed by atoms with Crippen molar-refractivity contribution in [3.8, 4) is 5.75 Å². The van der Waals surface area contributed by atoms with Crippen LogP contribution in [0.3, 0.4) is 0 Å². The van der Waals surface area contributed by atoms with Gasteiger partial charge in [-0.25, -0.2) is 0 Å². The maximum absolute atomic E-state index is 12.7. The standard InChI is InChI=1S/C24H33NO4/c1-15-5-4-10-24(2)12-22-18(11-20(15)24)19(23(28)29-22)13-25(3)14-21(27)16-6-8-17(26)9-7-16/h6-9,18-19,21-22,26-27H,4-5,10-14H2,1-3H3/p+1/t18-,19-,21+,22-,24-/m1/s1. The van der Waals surface area contributed by atoms with Gasteiger partial charge in [-0.1, -0.05) is 30.2 Å².